The topological polar surface area (TPSA) is 123 Å². The van der Waals surface area contributed by atoms with Gasteiger partial charge in [0, 0.05) is 6.07 Å². The summed E-state index contributed by atoms with van der Waals surface area (Å²) in [5.74, 6) is -2.46. The van der Waals surface area contributed by atoms with Crippen LogP contribution in [0.5, 0.6) is 0 Å². The lowest BCUT2D eigenvalue weighted by molar-refractivity contribution is -0.138. The fourth-order valence-electron chi connectivity index (χ4n) is 1.28. The number of furan rings is 1. The second-order valence-corrected chi connectivity index (χ2v) is 5.39. The molecule has 0 aromatic carbocycles. The molecule has 106 valence electrons. The van der Waals surface area contributed by atoms with Crippen molar-refractivity contribution < 1.29 is 32.3 Å². The van der Waals surface area contributed by atoms with Crippen LogP contribution in [0.25, 0.3) is 0 Å². The van der Waals surface area contributed by atoms with Crippen LogP contribution in [0, 0.1) is 6.92 Å². The van der Waals surface area contributed by atoms with Crippen molar-refractivity contribution >= 4 is 22.0 Å². The first kappa shape index (κ1) is 15.2. The van der Waals surface area contributed by atoms with Crippen LogP contribution >= 0.6 is 0 Å². The smallest absolute Gasteiger partial charge is 0.373 e. The summed E-state index contributed by atoms with van der Waals surface area (Å²) < 4.78 is 35.1. The van der Waals surface area contributed by atoms with Crippen LogP contribution in [0.2, 0.25) is 0 Å². The van der Waals surface area contributed by atoms with Crippen molar-refractivity contribution in [1.29, 1.82) is 0 Å². The number of hydrogen-bond acceptors (Lipinski definition) is 6. The molecule has 9 heteroatoms. The number of carboxylic acid groups (broad SMARTS) is 1. The van der Waals surface area contributed by atoms with Crippen LogP contribution < -0.4 is 4.72 Å². The summed E-state index contributed by atoms with van der Waals surface area (Å²) in [4.78, 5) is 21.5. The van der Waals surface area contributed by atoms with E-state index in [0.29, 0.717) is 0 Å². The lowest BCUT2D eigenvalue weighted by Gasteiger charge is -2.08. The van der Waals surface area contributed by atoms with Crippen molar-refractivity contribution in [3.05, 3.63) is 17.6 Å². The molecular formula is C10H13NO7S. The molecule has 0 amide bonds. The van der Waals surface area contributed by atoms with E-state index in [1.54, 1.807) is 0 Å². The van der Waals surface area contributed by atoms with Gasteiger partial charge in [0.2, 0.25) is 15.8 Å². The maximum atomic E-state index is 11.9. The lowest BCUT2D eigenvalue weighted by Crippen LogP contribution is -2.38. The fourth-order valence-corrected chi connectivity index (χ4v) is 2.66. The van der Waals surface area contributed by atoms with Gasteiger partial charge in [-0.1, -0.05) is 0 Å². The summed E-state index contributed by atoms with van der Waals surface area (Å²) in [6, 6.07) is -0.321. The predicted molar refractivity (Wildman–Crippen MR) is 62.2 cm³/mol. The number of aliphatic carboxylic acids is 1. The molecule has 0 aliphatic carbocycles. The van der Waals surface area contributed by atoms with Gasteiger partial charge >= 0.3 is 11.9 Å². The molecule has 2 N–H and O–H groups in total. The predicted octanol–water partition coefficient (Wildman–Crippen LogP) is 0.126. The van der Waals surface area contributed by atoms with Crippen LogP contribution in [0.4, 0.5) is 0 Å². The minimum atomic E-state index is -4.09. The number of aryl methyl sites for hydroxylation is 1. The number of carbonyl (C=O) groups excluding carboxylic acids is 1. The maximum absolute atomic E-state index is 11.9. The molecule has 1 aromatic heterocycles. The Morgan fingerprint density at radius 1 is 1.47 bits per heavy atom. The van der Waals surface area contributed by atoms with Gasteiger partial charge in [0.15, 0.2) is 0 Å². The summed E-state index contributed by atoms with van der Waals surface area (Å²) in [7, 11) is -2.96. The zero-order chi connectivity index (χ0) is 14.8. The quantitative estimate of drug-likeness (QED) is 0.739. The minimum absolute atomic E-state index is 0.0366. The van der Waals surface area contributed by atoms with Gasteiger partial charge in [-0.3, -0.25) is 4.79 Å². The number of esters is 1. The average Bonchev–Trinajstić information content (AvgIpc) is 2.70. The van der Waals surface area contributed by atoms with Gasteiger partial charge in [0.05, 0.1) is 7.11 Å². The third-order valence-electron chi connectivity index (χ3n) is 2.25. The van der Waals surface area contributed by atoms with E-state index < -0.39 is 28.0 Å². The molecule has 19 heavy (non-hydrogen) atoms. The molecule has 1 rings (SSSR count). The molecule has 0 fully saturated rings. The van der Waals surface area contributed by atoms with Crippen LogP contribution in [0.1, 0.15) is 23.2 Å². The van der Waals surface area contributed by atoms with Crippen molar-refractivity contribution in [1.82, 2.24) is 4.72 Å². The van der Waals surface area contributed by atoms with Gasteiger partial charge in [0.1, 0.15) is 16.7 Å². The summed E-state index contributed by atoms with van der Waals surface area (Å²) in [6.45, 7) is 2.52. The van der Waals surface area contributed by atoms with E-state index in [9.17, 15) is 18.0 Å². The molecule has 8 nitrogen and oxygen atoms in total. The highest BCUT2D eigenvalue weighted by Gasteiger charge is 2.27. The Balaban J connectivity index is 3.12. The van der Waals surface area contributed by atoms with Crippen molar-refractivity contribution in [2.24, 2.45) is 0 Å². The molecule has 1 atom stereocenters. The summed E-state index contributed by atoms with van der Waals surface area (Å²) in [5.41, 5.74) is 0. The van der Waals surface area contributed by atoms with E-state index in [2.05, 4.69) is 4.74 Å². The van der Waals surface area contributed by atoms with E-state index in [1.165, 1.54) is 13.8 Å². The fraction of sp³-hybridized carbons (Fsp3) is 0.400. The Morgan fingerprint density at radius 3 is 2.53 bits per heavy atom. The summed E-state index contributed by atoms with van der Waals surface area (Å²) in [6.07, 6.45) is 0. The number of methoxy groups -OCH3 is 1. The Kier molecular flexibility index (Phi) is 4.32. The molecule has 1 heterocycles. The van der Waals surface area contributed by atoms with E-state index in [4.69, 9.17) is 9.52 Å². The van der Waals surface area contributed by atoms with Crippen LogP contribution in [-0.4, -0.2) is 38.6 Å². The monoisotopic (exact) mass is 291 g/mol. The molecule has 1 aromatic rings. The van der Waals surface area contributed by atoms with Crippen molar-refractivity contribution in [3.8, 4) is 0 Å². The van der Waals surface area contributed by atoms with Crippen LogP contribution in [0.15, 0.2) is 15.4 Å². The molecule has 0 saturated carbocycles. The molecule has 0 unspecified atom stereocenters. The van der Waals surface area contributed by atoms with Gasteiger partial charge in [-0.25, -0.2) is 13.2 Å². The molecular weight excluding hydrogens is 278 g/mol. The van der Waals surface area contributed by atoms with Gasteiger partial charge in [-0.2, -0.15) is 4.72 Å². The second-order valence-electron chi connectivity index (χ2n) is 3.70. The van der Waals surface area contributed by atoms with Crippen LogP contribution in [0.3, 0.4) is 0 Å². The van der Waals surface area contributed by atoms with Crippen molar-refractivity contribution in [2.45, 2.75) is 24.8 Å². The standard InChI is InChI=1S/C10H13NO7S/c1-5(9(12)13)11-19(15,16)8-4-7(10(14)17-3)18-6(8)2/h4-5,11H,1-3H3,(H,12,13)/t5-/m0/s1. The van der Waals surface area contributed by atoms with Gasteiger partial charge in [0.25, 0.3) is 0 Å². The number of hydrogen-bond donors (Lipinski definition) is 2. The zero-order valence-corrected chi connectivity index (χ0v) is 11.3. The third-order valence-corrected chi connectivity index (χ3v) is 3.90. The number of nitrogens with one attached hydrogen (secondary N) is 1. The Labute approximate surface area is 109 Å². The number of ether oxygens (including phenoxy) is 1. The maximum Gasteiger partial charge on any atom is 0.373 e. The Bertz CT molecular complexity index is 601. The first-order valence-electron chi connectivity index (χ1n) is 5.13. The van der Waals surface area contributed by atoms with Gasteiger partial charge in [-0.05, 0) is 13.8 Å². The third kappa shape index (κ3) is 3.32. The Morgan fingerprint density at radius 2 is 2.05 bits per heavy atom. The van der Waals surface area contributed by atoms with E-state index >= 15 is 0 Å². The van der Waals surface area contributed by atoms with E-state index in [-0.39, 0.29) is 16.4 Å². The molecule has 0 saturated heterocycles. The minimum Gasteiger partial charge on any atom is -0.480 e. The van der Waals surface area contributed by atoms with E-state index in [0.717, 1.165) is 13.2 Å². The number of carbonyl (C=O) groups is 2. The molecule has 0 radical (unpaired) electrons. The van der Waals surface area contributed by atoms with Crippen molar-refractivity contribution in [2.75, 3.05) is 7.11 Å². The van der Waals surface area contributed by atoms with Crippen LogP contribution in [-0.2, 0) is 19.6 Å². The SMILES string of the molecule is COC(=O)c1cc(S(=O)(=O)N[C@@H](C)C(=O)O)c(C)o1. The molecule has 0 aliphatic rings. The first-order valence-corrected chi connectivity index (χ1v) is 6.61. The first-order chi connectivity index (χ1) is 8.69. The lowest BCUT2D eigenvalue weighted by atomic mass is 10.4. The Hall–Kier alpha value is -1.87. The summed E-state index contributed by atoms with van der Waals surface area (Å²) >= 11 is 0. The van der Waals surface area contributed by atoms with Crippen molar-refractivity contribution in [3.63, 3.8) is 0 Å². The summed E-state index contributed by atoms with van der Waals surface area (Å²) in [5, 5.41) is 8.67. The number of carboxylic acids is 1. The molecule has 0 spiro atoms. The second kappa shape index (κ2) is 5.41. The van der Waals surface area contributed by atoms with Gasteiger partial charge < -0.3 is 14.3 Å². The molecule has 0 bridgehead atoms. The highest BCUT2D eigenvalue weighted by atomic mass is 32.2. The zero-order valence-electron chi connectivity index (χ0n) is 10.5. The van der Waals surface area contributed by atoms with E-state index in [1.807, 2.05) is 4.72 Å². The molecule has 0 aliphatic heterocycles. The largest absolute Gasteiger partial charge is 0.480 e. The normalized spacial score (nSPS) is 13.0. The highest BCUT2D eigenvalue weighted by molar-refractivity contribution is 7.89. The highest BCUT2D eigenvalue weighted by Crippen LogP contribution is 2.20. The average molecular weight is 291 g/mol. The number of rotatable bonds is 5. The van der Waals surface area contributed by atoms with Gasteiger partial charge in [-0.15, -0.1) is 0 Å². The number of sulfonamides is 1.